The highest BCUT2D eigenvalue weighted by Crippen LogP contribution is 2.60. The van der Waals surface area contributed by atoms with Gasteiger partial charge in [-0.1, -0.05) is 42.5 Å². The molecule has 0 N–H and O–H groups in total. The zero-order chi connectivity index (χ0) is 24.1. The molecule has 0 saturated carbocycles. The Kier molecular flexibility index (Phi) is 5.44. The third-order valence-corrected chi connectivity index (χ3v) is 8.20. The molecule has 2 heterocycles. The zero-order valence-electron chi connectivity index (χ0n) is 19.9. The molecule has 2 aliphatic heterocycles. The van der Waals surface area contributed by atoms with Crippen LogP contribution in [0.15, 0.2) is 72.8 Å². The Bertz CT molecular complexity index is 1270. The molecule has 0 aromatic heterocycles. The minimum atomic E-state index is -1.10. The van der Waals surface area contributed by atoms with Gasteiger partial charge in [0.15, 0.2) is 4.87 Å². The van der Waals surface area contributed by atoms with Crippen molar-refractivity contribution in [1.82, 2.24) is 4.90 Å². The summed E-state index contributed by atoms with van der Waals surface area (Å²) in [6, 6.07) is 23.1. The lowest BCUT2D eigenvalue weighted by atomic mass is 10.0. The number of hydrogen-bond donors (Lipinski definition) is 0. The van der Waals surface area contributed by atoms with Crippen molar-refractivity contribution >= 4 is 29.3 Å². The number of benzene rings is 3. The number of aryl methyl sites for hydroxylation is 1. The molecule has 1 saturated heterocycles. The molecule has 1 atom stereocenters. The first-order chi connectivity index (χ1) is 16.3. The molecule has 0 aliphatic carbocycles. The van der Waals surface area contributed by atoms with Crippen molar-refractivity contribution in [1.29, 1.82) is 0 Å². The van der Waals surface area contributed by atoms with E-state index < -0.39 is 4.87 Å². The van der Waals surface area contributed by atoms with Gasteiger partial charge < -0.3 is 14.5 Å². The van der Waals surface area contributed by atoms with Crippen LogP contribution in [0.25, 0.3) is 0 Å². The standard InChI is InChI=1S/C28H28N2O3S/c1-19-9-5-6-10-21(19)17-29-24-12-8-7-11-23(24)28(26(29)32)30(18-27(2,3)34-28)25(31)20-13-15-22(33-4)16-14-20/h5-16H,17-18H2,1-4H3/t28-/m0/s1. The van der Waals surface area contributed by atoms with Crippen molar-refractivity contribution in [3.8, 4) is 5.75 Å². The SMILES string of the molecule is COc1ccc(C(=O)N2CC(C)(C)S[C@@]23C(=O)N(Cc2ccccc2C)c2ccccc23)cc1. The van der Waals surface area contributed by atoms with Crippen LogP contribution in [-0.4, -0.2) is 35.1 Å². The number of fused-ring (bicyclic) bond motifs is 2. The highest BCUT2D eigenvalue weighted by molar-refractivity contribution is 8.02. The molecule has 5 rings (SSSR count). The van der Waals surface area contributed by atoms with Crippen LogP contribution in [0.2, 0.25) is 0 Å². The van der Waals surface area contributed by atoms with Crippen LogP contribution in [-0.2, 0) is 16.2 Å². The number of ether oxygens (including phenoxy) is 1. The molecule has 1 fully saturated rings. The first kappa shape index (κ1) is 22.5. The number of carbonyl (C=O) groups excluding carboxylic acids is 2. The first-order valence-corrected chi connectivity index (χ1v) is 12.2. The Labute approximate surface area is 204 Å². The molecule has 3 aromatic rings. The van der Waals surface area contributed by atoms with Crippen LogP contribution in [0.4, 0.5) is 5.69 Å². The molecule has 6 heteroatoms. The molecule has 174 valence electrons. The van der Waals surface area contributed by atoms with Gasteiger partial charge in [0, 0.05) is 22.4 Å². The highest BCUT2D eigenvalue weighted by atomic mass is 32.2. The molecule has 0 radical (unpaired) electrons. The maximum absolute atomic E-state index is 14.3. The summed E-state index contributed by atoms with van der Waals surface area (Å²) in [5, 5.41) is 0. The molecule has 2 amide bonds. The van der Waals surface area contributed by atoms with Crippen molar-refractivity contribution in [2.75, 3.05) is 18.6 Å². The van der Waals surface area contributed by atoms with Crippen LogP contribution < -0.4 is 9.64 Å². The summed E-state index contributed by atoms with van der Waals surface area (Å²) < 4.78 is 4.97. The molecular formula is C28H28N2O3S. The Hall–Kier alpha value is -3.25. The van der Waals surface area contributed by atoms with Crippen molar-refractivity contribution in [2.24, 2.45) is 0 Å². The van der Waals surface area contributed by atoms with E-state index in [-0.39, 0.29) is 16.6 Å². The van der Waals surface area contributed by atoms with E-state index in [1.165, 1.54) is 0 Å². The Balaban J connectivity index is 1.61. The summed E-state index contributed by atoms with van der Waals surface area (Å²) in [6.45, 7) is 7.20. The number of methoxy groups -OCH3 is 1. The van der Waals surface area contributed by atoms with Gasteiger partial charge in [0.1, 0.15) is 5.75 Å². The molecule has 5 nitrogen and oxygen atoms in total. The van der Waals surface area contributed by atoms with E-state index in [0.717, 1.165) is 22.4 Å². The van der Waals surface area contributed by atoms with Gasteiger partial charge in [-0.05, 0) is 62.2 Å². The third kappa shape index (κ3) is 3.48. The van der Waals surface area contributed by atoms with E-state index in [4.69, 9.17) is 4.74 Å². The van der Waals surface area contributed by atoms with E-state index in [0.29, 0.717) is 24.4 Å². The van der Waals surface area contributed by atoms with Gasteiger partial charge in [-0.2, -0.15) is 0 Å². The minimum absolute atomic E-state index is 0.0608. The second-order valence-corrected chi connectivity index (χ2v) is 11.4. The molecular weight excluding hydrogens is 444 g/mol. The number of thioether (sulfide) groups is 1. The number of carbonyl (C=O) groups is 2. The van der Waals surface area contributed by atoms with E-state index in [9.17, 15) is 9.59 Å². The van der Waals surface area contributed by atoms with Gasteiger partial charge in [0.25, 0.3) is 11.8 Å². The predicted molar refractivity (Wildman–Crippen MR) is 136 cm³/mol. The fourth-order valence-corrected chi connectivity index (χ4v) is 6.69. The zero-order valence-corrected chi connectivity index (χ0v) is 20.7. The lowest BCUT2D eigenvalue weighted by Crippen LogP contribution is -2.50. The molecule has 1 spiro atoms. The van der Waals surface area contributed by atoms with E-state index in [1.807, 2.05) is 41.3 Å². The lowest BCUT2D eigenvalue weighted by molar-refractivity contribution is -0.123. The molecule has 0 unspecified atom stereocenters. The van der Waals surface area contributed by atoms with Gasteiger partial charge in [-0.15, -0.1) is 11.8 Å². The summed E-state index contributed by atoms with van der Waals surface area (Å²) >= 11 is 1.58. The second-order valence-electron chi connectivity index (χ2n) is 9.46. The minimum Gasteiger partial charge on any atom is -0.497 e. The van der Waals surface area contributed by atoms with Gasteiger partial charge in [-0.3, -0.25) is 9.59 Å². The number of amides is 2. The van der Waals surface area contributed by atoms with Gasteiger partial charge >= 0.3 is 0 Å². The van der Waals surface area contributed by atoms with Crippen LogP contribution in [0.1, 0.15) is 40.9 Å². The molecule has 0 bridgehead atoms. The average molecular weight is 473 g/mol. The van der Waals surface area contributed by atoms with Gasteiger partial charge in [0.05, 0.1) is 19.3 Å². The summed E-state index contributed by atoms with van der Waals surface area (Å²) in [5.74, 6) is 0.477. The number of hydrogen-bond acceptors (Lipinski definition) is 4. The normalized spacial score (nSPS) is 20.6. The summed E-state index contributed by atoms with van der Waals surface area (Å²) in [6.07, 6.45) is 0. The summed E-state index contributed by atoms with van der Waals surface area (Å²) in [4.78, 5) is 30.7. The number of anilines is 1. The average Bonchev–Trinajstić information content (AvgIpc) is 3.26. The van der Waals surface area contributed by atoms with Crippen LogP contribution in [0.3, 0.4) is 0 Å². The Morgan fingerprint density at radius 1 is 1.00 bits per heavy atom. The van der Waals surface area contributed by atoms with Crippen molar-refractivity contribution in [2.45, 2.75) is 36.9 Å². The highest BCUT2D eigenvalue weighted by Gasteiger charge is 2.63. The van der Waals surface area contributed by atoms with Crippen molar-refractivity contribution in [3.05, 3.63) is 95.1 Å². The van der Waals surface area contributed by atoms with Gasteiger partial charge in [0.2, 0.25) is 0 Å². The number of para-hydroxylation sites is 1. The summed E-state index contributed by atoms with van der Waals surface area (Å²) in [7, 11) is 1.60. The van der Waals surface area contributed by atoms with E-state index >= 15 is 0 Å². The Morgan fingerprint density at radius 2 is 1.68 bits per heavy atom. The quantitative estimate of drug-likeness (QED) is 0.512. The molecule has 2 aliphatic rings. The topological polar surface area (TPSA) is 49.9 Å². The maximum Gasteiger partial charge on any atom is 0.268 e. The van der Waals surface area contributed by atoms with Gasteiger partial charge in [-0.25, -0.2) is 0 Å². The van der Waals surface area contributed by atoms with Crippen LogP contribution in [0.5, 0.6) is 5.75 Å². The lowest BCUT2D eigenvalue weighted by Gasteiger charge is -2.33. The van der Waals surface area contributed by atoms with Crippen LogP contribution >= 0.6 is 11.8 Å². The third-order valence-electron chi connectivity index (χ3n) is 6.61. The predicted octanol–water partition coefficient (Wildman–Crippen LogP) is 5.37. The molecule has 34 heavy (non-hydrogen) atoms. The van der Waals surface area contributed by atoms with Crippen LogP contribution in [0, 0.1) is 6.92 Å². The Morgan fingerprint density at radius 3 is 2.38 bits per heavy atom. The monoisotopic (exact) mass is 472 g/mol. The van der Waals surface area contributed by atoms with Crippen molar-refractivity contribution in [3.63, 3.8) is 0 Å². The number of rotatable bonds is 4. The van der Waals surface area contributed by atoms with Crippen molar-refractivity contribution < 1.29 is 14.3 Å². The maximum atomic E-state index is 14.3. The largest absolute Gasteiger partial charge is 0.497 e. The smallest absolute Gasteiger partial charge is 0.268 e. The van der Waals surface area contributed by atoms with E-state index in [1.54, 1.807) is 48.0 Å². The fraction of sp³-hybridized carbons (Fsp3) is 0.286. The summed E-state index contributed by atoms with van der Waals surface area (Å²) in [5.41, 5.74) is 4.53. The molecule has 3 aromatic carbocycles. The number of nitrogens with zero attached hydrogens (tertiary/aromatic N) is 2. The van der Waals surface area contributed by atoms with E-state index in [2.05, 4.69) is 32.9 Å². The second kappa shape index (κ2) is 8.20. The fourth-order valence-electron chi connectivity index (χ4n) is 4.96. The first-order valence-electron chi connectivity index (χ1n) is 11.4.